The van der Waals surface area contributed by atoms with Gasteiger partial charge in [0.15, 0.2) is 0 Å². The van der Waals surface area contributed by atoms with Crippen LogP contribution in [0.3, 0.4) is 0 Å². The summed E-state index contributed by atoms with van der Waals surface area (Å²) in [5.41, 5.74) is 0. The van der Waals surface area contributed by atoms with E-state index in [1.54, 1.807) is 4.90 Å². The zero-order chi connectivity index (χ0) is 13.0. The number of nitrogens with zero attached hydrogens (tertiary/aromatic N) is 2. The van der Waals surface area contributed by atoms with Gasteiger partial charge in [0.05, 0.1) is 0 Å². The summed E-state index contributed by atoms with van der Waals surface area (Å²) in [4.78, 5) is 15.9. The molecule has 1 aliphatic heterocycles. The van der Waals surface area contributed by atoms with E-state index in [9.17, 15) is 4.79 Å². The van der Waals surface area contributed by atoms with Crippen LogP contribution in [0.15, 0.2) is 0 Å². The summed E-state index contributed by atoms with van der Waals surface area (Å²) >= 11 is 0. The predicted octanol–water partition coefficient (Wildman–Crippen LogP) is 0.929. The molecular weight excluding hydrogens is 226 g/mol. The molecule has 2 aliphatic rings. The molecule has 0 radical (unpaired) electrons. The summed E-state index contributed by atoms with van der Waals surface area (Å²) in [6, 6.07) is 0.773. The molecule has 1 heterocycles. The molecule has 1 amide bonds. The first-order valence-corrected chi connectivity index (χ1v) is 7.31. The summed E-state index contributed by atoms with van der Waals surface area (Å²) in [5, 5.41) is 3.42. The van der Waals surface area contributed by atoms with Gasteiger partial charge in [-0.15, -0.1) is 0 Å². The Bertz CT molecular complexity index is 270. The molecular formula is C14H27N3O. The Morgan fingerprint density at radius 1 is 1.17 bits per heavy atom. The number of amides is 1. The minimum absolute atomic E-state index is 0.256. The molecule has 2 rings (SSSR count). The van der Waals surface area contributed by atoms with Gasteiger partial charge < -0.3 is 10.2 Å². The Morgan fingerprint density at radius 3 is 2.39 bits per heavy atom. The average Bonchev–Trinajstić information content (AvgIpc) is 3.19. The molecule has 0 aromatic heterocycles. The van der Waals surface area contributed by atoms with Crippen molar-refractivity contribution in [2.24, 2.45) is 5.92 Å². The van der Waals surface area contributed by atoms with Gasteiger partial charge in [0.1, 0.15) is 0 Å². The Morgan fingerprint density at radius 2 is 1.83 bits per heavy atom. The zero-order valence-electron chi connectivity index (χ0n) is 11.8. The fourth-order valence-corrected chi connectivity index (χ4v) is 2.72. The molecule has 0 atom stereocenters. The number of hydrogen-bond donors (Lipinski definition) is 1. The summed E-state index contributed by atoms with van der Waals surface area (Å²) in [6.45, 7) is 4.48. The highest BCUT2D eigenvalue weighted by atomic mass is 16.2. The lowest BCUT2D eigenvalue weighted by atomic mass is 9.97. The summed E-state index contributed by atoms with van der Waals surface area (Å²) in [6.07, 6.45) is 5.94. The van der Waals surface area contributed by atoms with Gasteiger partial charge >= 0.3 is 0 Å². The highest BCUT2D eigenvalue weighted by Gasteiger charge is 2.31. The molecule has 1 N–H and O–H groups in total. The quantitative estimate of drug-likeness (QED) is 0.765. The summed E-state index contributed by atoms with van der Waals surface area (Å²) in [7, 11) is 3.69. The van der Waals surface area contributed by atoms with Crippen molar-refractivity contribution in [3.05, 3.63) is 0 Å². The first-order chi connectivity index (χ1) is 8.66. The lowest BCUT2D eigenvalue weighted by Gasteiger charge is -2.30. The minimum atomic E-state index is 0.256. The van der Waals surface area contributed by atoms with E-state index < -0.39 is 0 Å². The molecule has 4 heteroatoms. The van der Waals surface area contributed by atoms with Crippen LogP contribution in [0, 0.1) is 5.92 Å². The van der Waals surface area contributed by atoms with Crippen molar-refractivity contribution in [3.63, 3.8) is 0 Å². The average molecular weight is 253 g/mol. The van der Waals surface area contributed by atoms with E-state index >= 15 is 0 Å². The standard InChI is InChI=1S/C14H27N3O/c1-16(2)14(18)7-10-17(13-3-4-13)11-12-5-8-15-9-6-12/h12-13,15H,3-11H2,1-2H3. The van der Waals surface area contributed by atoms with E-state index in [1.807, 2.05) is 14.1 Å². The van der Waals surface area contributed by atoms with Gasteiger partial charge in [0, 0.05) is 39.6 Å². The molecule has 1 saturated heterocycles. The molecule has 1 aliphatic carbocycles. The Kier molecular flexibility index (Phi) is 5.01. The molecule has 0 bridgehead atoms. The third-order valence-corrected chi connectivity index (χ3v) is 4.13. The van der Waals surface area contributed by atoms with Crippen LogP contribution in [0.2, 0.25) is 0 Å². The third-order valence-electron chi connectivity index (χ3n) is 4.13. The van der Waals surface area contributed by atoms with Crippen LogP contribution >= 0.6 is 0 Å². The Balaban J connectivity index is 1.75. The third kappa shape index (κ3) is 4.25. The van der Waals surface area contributed by atoms with Crippen molar-refractivity contribution in [3.8, 4) is 0 Å². The van der Waals surface area contributed by atoms with Crippen molar-refractivity contribution in [1.82, 2.24) is 15.1 Å². The maximum atomic E-state index is 11.7. The van der Waals surface area contributed by atoms with E-state index in [0.717, 1.165) is 18.5 Å². The maximum Gasteiger partial charge on any atom is 0.223 e. The van der Waals surface area contributed by atoms with Gasteiger partial charge in [0.25, 0.3) is 0 Å². The van der Waals surface area contributed by atoms with Gasteiger partial charge in [-0.3, -0.25) is 9.69 Å². The van der Waals surface area contributed by atoms with Crippen molar-refractivity contribution >= 4 is 5.91 Å². The fraction of sp³-hybridized carbons (Fsp3) is 0.929. The van der Waals surface area contributed by atoms with E-state index in [2.05, 4.69) is 10.2 Å². The lowest BCUT2D eigenvalue weighted by Crippen LogP contribution is -2.39. The number of carbonyl (C=O) groups excluding carboxylic acids is 1. The fourth-order valence-electron chi connectivity index (χ4n) is 2.72. The number of hydrogen-bond acceptors (Lipinski definition) is 3. The first kappa shape index (κ1) is 13.8. The second-order valence-electron chi connectivity index (χ2n) is 5.96. The SMILES string of the molecule is CN(C)C(=O)CCN(CC1CCNCC1)C1CC1. The van der Waals surface area contributed by atoms with Gasteiger partial charge in [0.2, 0.25) is 5.91 Å². The van der Waals surface area contributed by atoms with Crippen LogP contribution in [0.1, 0.15) is 32.1 Å². The van der Waals surface area contributed by atoms with Gasteiger partial charge in [-0.1, -0.05) is 0 Å². The predicted molar refractivity (Wildman–Crippen MR) is 73.5 cm³/mol. The van der Waals surface area contributed by atoms with Crippen molar-refractivity contribution in [2.45, 2.75) is 38.1 Å². The number of rotatable bonds is 6. The van der Waals surface area contributed by atoms with E-state index in [1.165, 1.54) is 45.3 Å². The number of nitrogens with one attached hydrogen (secondary N) is 1. The smallest absolute Gasteiger partial charge is 0.223 e. The largest absolute Gasteiger partial charge is 0.349 e. The van der Waals surface area contributed by atoms with Crippen LogP contribution in [-0.2, 0) is 4.79 Å². The molecule has 4 nitrogen and oxygen atoms in total. The molecule has 18 heavy (non-hydrogen) atoms. The molecule has 2 fully saturated rings. The molecule has 0 aromatic carbocycles. The van der Waals surface area contributed by atoms with E-state index in [0.29, 0.717) is 6.42 Å². The normalized spacial score (nSPS) is 21.3. The monoisotopic (exact) mass is 253 g/mol. The van der Waals surface area contributed by atoms with Crippen LogP contribution in [0.4, 0.5) is 0 Å². The van der Waals surface area contributed by atoms with Gasteiger partial charge in [-0.05, 0) is 44.7 Å². The Hall–Kier alpha value is -0.610. The van der Waals surface area contributed by atoms with Crippen molar-refractivity contribution in [2.75, 3.05) is 40.3 Å². The van der Waals surface area contributed by atoms with Gasteiger partial charge in [-0.2, -0.15) is 0 Å². The second-order valence-corrected chi connectivity index (χ2v) is 5.96. The lowest BCUT2D eigenvalue weighted by molar-refractivity contribution is -0.129. The van der Waals surface area contributed by atoms with Gasteiger partial charge in [-0.25, -0.2) is 0 Å². The maximum absolute atomic E-state index is 11.7. The highest BCUT2D eigenvalue weighted by molar-refractivity contribution is 5.75. The van der Waals surface area contributed by atoms with Crippen LogP contribution < -0.4 is 5.32 Å². The zero-order valence-corrected chi connectivity index (χ0v) is 11.8. The Labute approximate surface area is 111 Å². The molecule has 0 unspecified atom stereocenters. The topological polar surface area (TPSA) is 35.6 Å². The molecule has 1 saturated carbocycles. The summed E-state index contributed by atoms with van der Waals surface area (Å²) < 4.78 is 0. The second kappa shape index (κ2) is 6.53. The molecule has 0 aromatic rings. The molecule has 104 valence electrons. The van der Waals surface area contributed by atoms with E-state index in [-0.39, 0.29) is 5.91 Å². The van der Waals surface area contributed by atoms with Crippen LogP contribution in [-0.4, -0.2) is 62.0 Å². The molecule has 0 spiro atoms. The van der Waals surface area contributed by atoms with Crippen LogP contribution in [0.5, 0.6) is 0 Å². The van der Waals surface area contributed by atoms with Crippen molar-refractivity contribution in [1.29, 1.82) is 0 Å². The van der Waals surface area contributed by atoms with Crippen LogP contribution in [0.25, 0.3) is 0 Å². The van der Waals surface area contributed by atoms with E-state index in [4.69, 9.17) is 0 Å². The number of piperidine rings is 1. The summed E-state index contributed by atoms with van der Waals surface area (Å²) in [5.74, 6) is 1.09. The minimum Gasteiger partial charge on any atom is -0.349 e. The highest BCUT2D eigenvalue weighted by Crippen LogP contribution is 2.29. The first-order valence-electron chi connectivity index (χ1n) is 7.31. The number of carbonyl (C=O) groups is 1. The van der Waals surface area contributed by atoms with Crippen molar-refractivity contribution < 1.29 is 4.79 Å².